The molecule has 1 atom stereocenters. The van der Waals surface area contributed by atoms with Gasteiger partial charge in [0.15, 0.2) is 0 Å². The van der Waals surface area contributed by atoms with Crippen LogP contribution in [0.15, 0.2) is 6.20 Å². The van der Waals surface area contributed by atoms with Crippen LogP contribution in [0.4, 0.5) is 0 Å². The third-order valence-electron chi connectivity index (χ3n) is 3.85. The molecule has 1 aromatic rings. The van der Waals surface area contributed by atoms with E-state index in [0.29, 0.717) is 12.0 Å². The fraction of sp³-hybridized carbons (Fsp3) is 0.688. The number of pyridine rings is 1. The number of rotatable bonds is 7. The van der Waals surface area contributed by atoms with Crippen molar-refractivity contribution in [2.45, 2.75) is 53.0 Å². The summed E-state index contributed by atoms with van der Waals surface area (Å²) in [6.45, 7) is 8.67. The van der Waals surface area contributed by atoms with Crippen LogP contribution in [0.3, 0.4) is 0 Å². The molecule has 19 heavy (non-hydrogen) atoms. The van der Waals surface area contributed by atoms with Gasteiger partial charge in [0.2, 0.25) is 0 Å². The molecule has 1 N–H and O–H groups in total. The topological polar surface area (TPSA) is 34.2 Å². The van der Waals surface area contributed by atoms with E-state index in [9.17, 15) is 0 Å². The second-order valence-corrected chi connectivity index (χ2v) is 5.58. The summed E-state index contributed by atoms with van der Waals surface area (Å²) in [5.41, 5.74) is 3.47. The average molecular weight is 264 g/mol. The monoisotopic (exact) mass is 264 g/mol. The van der Waals surface area contributed by atoms with Crippen LogP contribution in [-0.4, -0.2) is 25.2 Å². The number of nitrogens with one attached hydrogen (secondary N) is 1. The molecule has 0 bridgehead atoms. The number of ether oxygens (including phenoxy) is 1. The van der Waals surface area contributed by atoms with Crippen molar-refractivity contribution >= 4 is 0 Å². The molecule has 0 aliphatic rings. The molecule has 1 heterocycles. The molecule has 0 fully saturated rings. The van der Waals surface area contributed by atoms with Crippen LogP contribution in [0.25, 0.3) is 0 Å². The highest BCUT2D eigenvalue weighted by atomic mass is 16.5. The van der Waals surface area contributed by atoms with Gasteiger partial charge in [0.05, 0.1) is 7.11 Å². The number of aryl methyl sites for hydroxylation is 2. The van der Waals surface area contributed by atoms with Crippen molar-refractivity contribution in [3.05, 3.63) is 23.0 Å². The smallest absolute Gasteiger partial charge is 0.128 e. The van der Waals surface area contributed by atoms with Crippen LogP contribution in [0.5, 0.6) is 5.75 Å². The van der Waals surface area contributed by atoms with Crippen LogP contribution in [0.2, 0.25) is 0 Å². The molecule has 3 heteroatoms. The minimum Gasteiger partial charge on any atom is -0.496 e. The summed E-state index contributed by atoms with van der Waals surface area (Å²) in [7, 11) is 3.78. The number of nitrogens with zero attached hydrogens (tertiary/aromatic N) is 1. The van der Waals surface area contributed by atoms with Crippen LogP contribution >= 0.6 is 0 Å². The summed E-state index contributed by atoms with van der Waals surface area (Å²) in [6.07, 6.45) is 5.28. The van der Waals surface area contributed by atoms with Gasteiger partial charge in [-0.2, -0.15) is 0 Å². The summed E-state index contributed by atoms with van der Waals surface area (Å²) in [5.74, 6) is 1.66. The Morgan fingerprint density at radius 2 is 2.00 bits per heavy atom. The van der Waals surface area contributed by atoms with Crippen LogP contribution in [-0.2, 0) is 6.42 Å². The van der Waals surface area contributed by atoms with Crippen molar-refractivity contribution in [1.82, 2.24) is 10.3 Å². The number of hydrogen-bond donors (Lipinski definition) is 1. The van der Waals surface area contributed by atoms with Gasteiger partial charge in [-0.15, -0.1) is 0 Å². The largest absolute Gasteiger partial charge is 0.496 e. The van der Waals surface area contributed by atoms with E-state index in [1.54, 1.807) is 7.11 Å². The second kappa shape index (κ2) is 7.49. The van der Waals surface area contributed by atoms with Gasteiger partial charge in [0.1, 0.15) is 5.75 Å². The Morgan fingerprint density at radius 3 is 2.53 bits per heavy atom. The van der Waals surface area contributed by atoms with E-state index >= 15 is 0 Å². The quantitative estimate of drug-likeness (QED) is 0.820. The number of aromatic nitrogens is 1. The first-order valence-electron chi connectivity index (χ1n) is 7.17. The molecule has 0 saturated carbocycles. The minimum absolute atomic E-state index is 0.590. The van der Waals surface area contributed by atoms with Crippen LogP contribution < -0.4 is 10.1 Å². The lowest BCUT2D eigenvalue weighted by Gasteiger charge is -2.20. The molecule has 0 amide bonds. The highest BCUT2D eigenvalue weighted by Gasteiger charge is 2.12. The van der Waals surface area contributed by atoms with Gasteiger partial charge < -0.3 is 10.1 Å². The molecule has 1 aromatic heterocycles. The summed E-state index contributed by atoms with van der Waals surface area (Å²) >= 11 is 0. The maximum Gasteiger partial charge on any atom is 0.128 e. The van der Waals surface area contributed by atoms with Crippen LogP contribution in [0.1, 0.15) is 43.5 Å². The minimum atomic E-state index is 0.590. The summed E-state index contributed by atoms with van der Waals surface area (Å²) < 4.78 is 5.45. The molecule has 0 aliphatic carbocycles. The maximum absolute atomic E-state index is 5.45. The standard InChI is InChI=1S/C16H28N2O/c1-11(2)14(17-5)8-7-9-15-13(4)16(19-6)12(3)10-18-15/h10-11,14,17H,7-9H2,1-6H3. The van der Waals surface area contributed by atoms with E-state index in [-0.39, 0.29) is 0 Å². The van der Waals surface area contributed by atoms with E-state index in [1.165, 1.54) is 17.7 Å². The van der Waals surface area contributed by atoms with Gasteiger partial charge in [-0.3, -0.25) is 4.98 Å². The van der Waals surface area contributed by atoms with Gasteiger partial charge in [-0.25, -0.2) is 0 Å². The molecule has 3 nitrogen and oxygen atoms in total. The van der Waals surface area contributed by atoms with Gasteiger partial charge in [-0.1, -0.05) is 13.8 Å². The zero-order valence-electron chi connectivity index (χ0n) is 13.2. The van der Waals surface area contributed by atoms with E-state index in [2.05, 4.69) is 31.1 Å². The first kappa shape index (κ1) is 16.0. The Labute approximate surface area is 117 Å². The van der Waals surface area contributed by atoms with Gasteiger partial charge >= 0.3 is 0 Å². The van der Waals surface area contributed by atoms with E-state index < -0.39 is 0 Å². The predicted molar refractivity (Wildman–Crippen MR) is 80.9 cm³/mol. The molecule has 0 saturated heterocycles. The number of methoxy groups -OCH3 is 1. The van der Waals surface area contributed by atoms with E-state index in [0.717, 1.165) is 24.2 Å². The van der Waals surface area contributed by atoms with Crippen LogP contribution in [0, 0.1) is 19.8 Å². The molecule has 0 spiro atoms. The highest BCUT2D eigenvalue weighted by molar-refractivity contribution is 5.41. The van der Waals surface area contributed by atoms with Gasteiger partial charge in [0.25, 0.3) is 0 Å². The SMILES string of the molecule is CNC(CCCc1ncc(C)c(OC)c1C)C(C)C. The summed E-state index contributed by atoms with van der Waals surface area (Å²) in [5, 5.41) is 3.39. The Morgan fingerprint density at radius 1 is 1.32 bits per heavy atom. The summed E-state index contributed by atoms with van der Waals surface area (Å²) in [4.78, 5) is 4.55. The van der Waals surface area contributed by atoms with E-state index in [1.807, 2.05) is 20.2 Å². The third kappa shape index (κ3) is 4.20. The average Bonchev–Trinajstić information content (AvgIpc) is 2.37. The Kier molecular flexibility index (Phi) is 6.29. The maximum atomic E-state index is 5.45. The fourth-order valence-corrected chi connectivity index (χ4v) is 2.62. The Hall–Kier alpha value is -1.09. The fourth-order valence-electron chi connectivity index (χ4n) is 2.62. The normalized spacial score (nSPS) is 12.8. The molecule has 0 aliphatic heterocycles. The van der Waals surface area contributed by atoms with Crippen molar-refractivity contribution < 1.29 is 4.74 Å². The zero-order chi connectivity index (χ0) is 14.4. The molecule has 0 aromatic carbocycles. The van der Waals surface area contributed by atoms with Crippen molar-refractivity contribution in [3.8, 4) is 5.75 Å². The Bertz CT molecular complexity index is 402. The van der Waals surface area contributed by atoms with Crippen molar-refractivity contribution in [1.29, 1.82) is 0 Å². The molecule has 1 unspecified atom stereocenters. The first-order chi connectivity index (χ1) is 9.01. The first-order valence-corrected chi connectivity index (χ1v) is 7.17. The van der Waals surface area contributed by atoms with Crippen molar-refractivity contribution in [2.75, 3.05) is 14.2 Å². The second-order valence-electron chi connectivity index (χ2n) is 5.58. The van der Waals surface area contributed by atoms with Gasteiger partial charge in [0, 0.05) is 29.1 Å². The summed E-state index contributed by atoms with van der Waals surface area (Å²) in [6, 6.07) is 0.590. The van der Waals surface area contributed by atoms with Crippen molar-refractivity contribution in [3.63, 3.8) is 0 Å². The van der Waals surface area contributed by atoms with Crippen molar-refractivity contribution in [2.24, 2.45) is 5.92 Å². The zero-order valence-corrected chi connectivity index (χ0v) is 13.2. The van der Waals surface area contributed by atoms with Gasteiger partial charge in [-0.05, 0) is 46.1 Å². The molecular formula is C16H28N2O. The predicted octanol–water partition coefficient (Wildman–Crippen LogP) is 3.27. The molecule has 1 rings (SSSR count). The van der Waals surface area contributed by atoms with E-state index in [4.69, 9.17) is 4.74 Å². The molecule has 108 valence electrons. The Balaban J connectivity index is 2.64. The lowest BCUT2D eigenvalue weighted by molar-refractivity contribution is 0.391. The lowest BCUT2D eigenvalue weighted by atomic mass is 9.97. The lowest BCUT2D eigenvalue weighted by Crippen LogP contribution is -2.30. The molecule has 0 radical (unpaired) electrons. The number of hydrogen-bond acceptors (Lipinski definition) is 3. The highest BCUT2D eigenvalue weighted by Crippen LogP contribution is 2.25. The third-order valence-corrected chi connectivity index (χ3v) is 3.85. The molecular weight excluding hydrogens is 236 g/mol.